The molecular weight excluding hydrogens is 376 g/mol. The minimum atomic E-state index is -2.78. The van der Waals surface area contributed by atoms with E-state index in [-0.39, 0.29) is 24.2 Å². The molecule has 1 aromatic rings. The van der Waals surface area contributed by atoms with Gasteiger partial charge in [-0.05, 0) is 25.7 Å². The number of H-pyrrole nitrogens is 1. The monoisotopic (exact) mass is 403 g/mol. The van der Waals surface area contributed by atoms with E-state index in [1.54, 1.807) is 4.90 Å². The molecular formula is C18H28ClF2N5O. The van der Waals surface area contributed by atoms with E-state index in [0.717, 1.165) is 37.3 Å². The summed E-state index contributed by atoms with van der Waals surface area (Å²) in [7, 11) is 0. The molecule has 2 atom stereocenters. The number of aromatic nitrogens is 3. The highest BCUT2D eigenvalue weighted by Crippen LogP contribution is 2.33. The fourth-order valence-electron chi connectivity index (χ4n) is 4.53. The first-order chi connectivity index (χ1) is 12.5. The zero-order chi connectivity index (χ0) is 18.1. The van der Waals surface area contributed by atoms with Crippen LogP contribution in [0.4, 0.5) is 8.78 Å². The first-order valence-corrected chi connectivity index (χ1v) is 9.84. The number of rotatable bonds is 3. The lowest BCUT2D eigenvalue weighted by Crippen LogP contribution is -2.47. The Hall–Kier alpha value is -1.28. The second-order valence-corrected chi connectivity index (χ2v) is 8.03. The predicted octanol–water partition coefficient (Wildman–Crippen LogP) is 2.98. The SMILES string of the molecule is Cl.O=C(C1CC(F)(F)CN1)N1CCCC(c2n[nH]c(C3CCCCC3)n2)C1. The third-order valence-corrected chi connectivity index (χ3v) is 6.02. The van der Waals surface area contributed by atoms with Crippen molar-refractivity contribution in [2.45, 2.75) is 75.2 Å². The number of nitrogens with zero attached hydrogens (tertiary/aromatic N) is 3. The van der Waals surface area contributed by atoms with Gasteiger partial charge in [0.15, 0.2) is 5.82 Å². The summed E-state index contributed by atoms with van der Waals surface area (Å²) in [6, 6.07) is -0.770. The van der Waals surface area contributed by atoms with E-state index in [1.165, 1.54) is 19.3 Å². The molecule has 3 fully saturated rings. The molecule has 3 aliphatic rings. The van der Waals surface area contributed by atoms with Crippen LogP contribution in [0.3, 0.4) is 0 Å². The van der Waals surface area contributed by atoms with Gasteiger partial charge in [0.25, 0.3) is 5.92 Å². The van der Waals surface area contributed by atoms with E-state index in [9.17, 15) is 13.6 Å². The number of carbonyl (C=O) groups excluding carboxylic acids is 1. The number of hydrogen-bond acceptors (Lipinski definition) is 4. The Labute approximate surface area is 164 Å². The third kappa shape index (κ3) is 4.59. The molecule has 2 saturated heterocycles. The molecule has 152 valence electrons. The van der Waals surface area contributed by atoms with Crippen LogP contribution in [0.15, 0.2) is 0 Å². The zero-order valence-electron chi connectivity index (χ0n) is 15.4. The number of amides is 1. The Balaban J connectivity index is 0.00000210. The summed E-state index contributed by atoms with van der Waals surface area (Å²) in [5, 5.41) is 10.2. The summed E-state index contributed by atoms with van der Waals surface area (Å²) in [6.07, 6.45) is 7.48. The Morgan fingerprint density at radius 3 is 2.56 bits per heavy atom. The number of alkyl halides is 2. The molecule has 1 aromatic heterocycles. The minimum absolute atomic E-state index is 0. The van der Waals surface area contributed by atoms with Gasteiger partial charge >= 0.3 is 0 Å². The minimum Gasteiger partial charge on any atom is -0.341 e. The van der Waals surface area contributed by atoms with Crippen molar-refractivity contribution in [3.63, 3.8) is 0 Å². The number of hydrogen-bond donors (Lipinski definition) is 2. The van der Waals surface area contributed by atoms with Gasteiger partial charge < -0.3 is 4.90 Å². The first kappa shape index (κ1) is 20.5. The summed E-state index contributed by atoms with van der Waals surface area (Å²) in [5.41, 5.74) is 0. The van der Waals surface area contributed by atoms with E-state index < -0.39 is 24.9 Å². The van der Waals surface area contributed by atoms with E-state index in [4.69, 9.17) is 4.98 Å². The van der Waals surface area contributed by atoms with E-state index in [0.29, 0.717) is 19.0 Å². The Bertz CT molecular complexity index is 649. The molecule has 27 heavy (non-hydrogen) atoms. The molecule has 1 amide bonds. The smallest absolute Gasteiger partial charge is 0.262 e. The van der Waals surface area contributed by atoms with E-state index in [2.05, 4.69) is 15.5 Å². The van der Waals surface area contributed by atoms with Gasteiger partial charge in [0.2, 0.25) is 5.91 Å². The number of carbonyl (C=O) groups is 1. The first-order valence-electron chi connectivity index (χ1n) is 9.84. The standard InChI is InChI=1S/C18H27F2N5O.ClH/c19-18(20)9-14(21-11-18)17(26)25-8-4-7-13(10-25)16-22-15(23-24-16)12-5-2-1-3-6-12;/h12-14,21H,1-11H2,(H,22,23,24);1H. The van der Waals surface area contributed by atoms with Crippen LogP contribution in [0.2, 0.25) is 0 Å². The largest absolute Gasteiger partial charge is 0.341 e. The van der Waals surface area contributed by atoms with Crippen LogP contribution in [0, 0.1) is 0 Å². The molecule has 2 unspecified atom stereocenters. The van der Waals surface area contributed by atoms with E-state index >= 15 is 0 Å². The predicted molar refractivity (Wildman–Crippen MR) is 99.4 cm³/mol. The molecule has 1 saturated carbocycles. The van der Waals surface area contributed by atoms with Crippen molar-refractivity contribution < 1.29 is 13.6 Å². The van der Waals surface area contributed by atoms with Crippen LogP contribution < -0.4 is 5.32 Å². The Morgan fingerprint density at radius 2 is 1.85 bits per heavy atom. The zero-order valence-corrected chi connectivity index (χ0v) is 16.2. The third-order valence-electron chi connectivity index (χ3n) is 6.02. The van der Waals surface area contributed by atoms with Crippen LogP contribution >= 0.6 is 12.4 Å². The number of likely N-dealkylation sites (tertiary alicyclic amines) is 1. The fraction of sp³-hybridized carbons (Fsp3) is 0.833. The van der Waals surface area contributed by atoms with Gasteiger partial charge in [0, 0.05) is 31.3 Å². The van der Waals surface area contributed by atoms with Crippen molar-refractivity contribution in [2.75, 3.05) is 19.6 Å². The van der Waals surface area contributed by atoms with Crippen molar-refractivity contribution in [2.24, 2.45) is 0 Å². The molecule has 3 heterocycles. The lowest BCUT2D eigenvalue weighted by Gasteiger charge is -2.33. The molecule has 2 N–H and O–H groups in total. The molecule has 1 aliphatic carbocycles. The lowest BCUT2D eigenvalue weighted by molar-refractivity contribution is -0.135. The lowest BCUT2D eigenvalue weighted by atomic mass is 9.89. The van der Waals surface area contributed by atoms with Crippen molar-refractivity contribution >= 4 is 18.3 Å². The maximum absolute atomic E-state index is 13.4. The number of aromatic amines is 1. The second-order valence-electron chi connectivity index (χ2n) is 8.03. The summed E-state index contributed by atoms with van der Waals surface area (Å²) >= 11 is 0. The van der Waals surface area contributed by atoms with Crippen LogP contribution in [-0.2, 0) is 4.79 Å². The highest BCUT2D eigenvalue weighted by atomic mass is 35.5. The molecule has 0 aromatic carbocycles. The summed E-state index contributed by atoms with van der Waals surface area (Å²) in [4.78, 5) is 19.0. The normalized spacial score (nSPS) is 28.7. The van der Waals surface area contributed by atoms with Crippen LogP contribution in [0.5, 0.6) is 0 Å². The second kappa shape index (κ2) is 8.39. The van der Waals surface area contributed by atoms with Gasteiger partial charge in [-0.2, -0.15) is 5.10 Å². The molecule has 9 heteroatoms. The van der Waals surface area contributed by atoms with Crippen molar-refractivity contribution in [3.05, 3.63) is 11.6 Å². The van der Waals surface area contributed by atoms with Gasteiger partial charge in [-0.1, -0.05) is 19.3 Å². The number of nitrogens with one attached hydrogen (secondary N) is 2. The maximum Gasteiger partial charge on any atom is 0.262 e. The molecule has 4 rings (SSSR count). The molecule has 0 bridgehead atoms. The molecule has 6 nitrogen and oxygen atoms in total. The van der Waals surface area contributed by atoms with Gasteiger partial charge in [-0.15, -0.1) is 12.4 Å². The van der Waals surface area contributed by atoms with Crippen LogP contribution in [-0.4, -0.2) is 57.6 Å². The highest BCUT2D eigenvalue weighted by molar-refractivity contribution is 5.85. The number of piperidine rings is 1. The summed E-state index contributed by atoms with van der Waals surface area (Å²) < 4.78 is 26.8. The van der Waals surface area contributed by atoms with E-state index in [1.807, 2.05) is 0 Å². The molecule has 0 spiro atoms. The number of halogens is 3. The topological polar surface area (TPSA) is 73.9 Å². The fourth-order valence-corrected chi connectivity index (χ4v) is 4.53. The van der Waals surface area contributed by atoms with Crippen molar-refractivity contribution in [1.29, 1.82) is 0 Å². The maximum atomic E-state index is 13.4. The molecule has 0 radical (unpaired) electrons. The summed E-state index contributed by atoms with van der Waals surface area (Å²) in [5.74, 6) is -0.698. The quantitative estimate of drug-likeness (QED) is 0.813. The van der Waals surface area contributed by atoms with Gasteiger partial charge in [-0.3, -0.25) is 15.2 Å². The van der Waals surface area contributed by atoms with Crippen molar-refractivity contribution in [3.8, 4) is 0 Å². The van der Waals surface area contributed by atoms with Crippen LogP contribution in [0.1, 0.15) is 74.9 Å². The Kier molecular flexibility index (Phi) is 6.35. The average molecular weight is 404 g/mol. The van der Waals surface area contributed by atoms with Crippen molar-refractivity contribution in [1.82, 2.24) is 25.4 Å². The average Bonchev–Trinajstić information content (AvgIpc) is 3.29. The van der Waals surface area contributed by atoms with Gasteiger partial charge in [-0.25, -0.2) is 13.8 Å². The van der Waals surface area contributed by atoms with Gasteiger partial charge in [0.1, 0.15) is 5.82 Å². The Morgan fingerprint density at radius 1 is 1.11 bits per heavy atom. The molecule has 2 aliphatic heterocycles. The van der Waals surface area contributed by atoms with Crippen LogP contribution in [0.25, 0.3) is 0 Å². The highest BCUT2D eigenvalue weighted by Gasteiger charge is 2.44. The summed E-state index contributed by atoms with van der Waals surface area (Å²) in [6.45, 7) is 0.732. The van der Waals surface area contributed by atoms with Gasteiger partial charge in [0.05, 0.1) is 12.6 Å².